The molecule has 0 saturated carbocycles. The summed E-state index contributed by atoms with van der Waals surface area (Å²) in [5.74, 6) is 0.637. The van der Waals surface area contributed by atoms with Crippen LogP contribution in [0.15, 0.2) is 82.2 Å². The number of fused-ring (bicyclic) bond motifs is 1. The van der Waals surface area contributed by atoms with E-state index in [1.807, 2.05) is 66.3 Å². The van der Waals surface area contributed by atoms with Crippen molar-refractivity contribution in [2.45, 2.75) is 19.5 Å². The van der Waals surface area contributed by atoms with E-state index >= 15 is 0 Å². The number of benzene rings is 2. The van der Waals surface area contributed by atoms with Crippen LogP contribution < -0.4 is 5.32 Å². The summed E-state index contributed by atoms with van der Waals surface area (Å²) >= 11 is 6.46. The van der Waals surface area contributed by atoms with Crippen LogP contribution in [0, 0.1) is 0 Å². The molecule has 2 aromatic heterocycles. The lowest BCUT2D eigenvalue weighted by Crippen LogP contribution is -2.38. The van der Waals surface area contributed by atoms with Crippen LogP contribution in [0.4, 0.5) is 6.01 Å². The molecule has 8 heteroatoms. The molecule has 156 valence electrons. The van der Waals surface area contributed by atoms with Crippen LogP contribution in [0.3, 0.4) is 0 Å². The van der Waals surface area contributed by atoms with Gasteiger partial charge in [0.15, 0.2) is 5.58 Å². The van der Waals surface area contributed by atoms with Crippen LogP contribution in [0.25, 0.3) is 11.1 Å². The maximum absolute atomic E-state index is 6.46. The van der Waals surface area contributed by atoms with Gasteiger partial charge < -0.3 is 13.9 Å². The van der Waals surface area contributed by atoms with Crippen molar-refractivity contribution in [3.63, 3.8) is 0 Å². The first kappa shape index (κ1) is 19.4. The third-order valence-corrected chi connectivity index (χ3v) is 5.66. The highest BCUT2D eigenvalue weighted by molar-refractivity contribution is 6.31. The van der Waals surface area contributed by atoms with Crippen molar-refractivity contribution in [1.29, 1.82) is 0 Å². The Labute approximate surface area is 184 Å². The van der Waals surface area contributed by atoms with Crippen molar-refractivity contribution in [3.05, 3.63) is 89.1 Å². The van der Waals surface area contributed by atoms with Crippen molar-refractivity contribution >= 4 is 34.7 Å². The predicted octanol–water partition coefficient (Wildman–Crippen LogP) is 5.14. The molecule has 0 aliphatic carbocycles. The SMILES string of the molecule is CC1=CC(c2ccccc2Cl)N=C(Nc2nc3ccccc3o2)N1Cc1cncn1C. The van der Waals surface area contributed by atoms with E-state index in [4.69, 9.17) is 21.0 Å². The second-order valence-electron chi connectivity index (χ2n) is 7.42. The number of allylic oxidation sites excluding steroid dienone is 1. The Kier molecular flexibility index (Phi) is 4.95. The number of halogens is 1. The smallest absolute Gasteiger partial charge is 0.302 e. The van der Waals surface area contributed by atoms with Crippen molar-refractivity contribution < 1.29 is 4.42 Å². The largest absolute Gasteiger partial charge is 0.423 e. The topological polar surface area (TPSA) is 71.5 Å². The van der Waals surface area contributed by atoms with Crippen molar-refractivity contribution in [3.8, 4) is 0 Å². The lowest BCUT2D eigenvalue weighted by molar-refractivity contribution is 0.468. The minimum atomic E-state index is -0.219. The molecule has 0 spiro atoms. The summed E-state index contributed by atoms with van der Waals surface area (Å²) in [5.41, 5.74) is 4.54. The lowest BCUT2D eigenvalue weighted by atomic mass is 10.0. The van der Waals surface area contributed by atoms with Crippen LogP contribution in [-0.2, 0) is 13.6 Å². The van der Waals surface area contributed by atoms with Gasteiger partial charge in [-0.3, -0.25) is 5.32 Å². The number of para-hydroxylation sites is 2. The third-order valence-electron chi connectivity index (χ3n) is 5.31. The van der Waals surface area contributed by atoms with E-state index in [0.717, 1.165) is 28.1 Å². The van der Waals surface area contributed by atoms with Gasteiger partial charge in [0.1, 0.15) is 11.6 Å². The minimum Gasteiger partial charge on any atom is -0.423 e. The Balaban J connectivity index is 1.53. The fourth-order valence-electron chi connectivity index (χ4n) is 3.62. The molecule has 3 heterocycles. The number of guanidine groups is 1. The first-order chi connectivity index (χ1) is 15.1. The fraction of sp³-hybridized carbons (Fsp3) is 0.174. The molecule has 0 bridgehead atoms. The number of imidazole rings is 1. The Morgan fingerprint density at radius 3 is 2.71 bits per heavy atom. The molecule has 7 nitrogen and oxygen atoms in total. The van der Waals surface area contributed by atoms with Gasteiger partial charge in [0.25, 0.3) is 0 Å². The number of hydrogen-bond acceptors (Lipinski definition) is 6. The highest BCUT2D eigenvalue weighted by Crippen LogP contribution is 2.32. The van der Waals surface area contributed by atoms with Crippen LogP contribution >= 0.6 is 11.6 Å². The lowest BCUT2D eigenvalue weighted by Gasteiger charge is -2.32. The second-order valence-corrected chi connectivity index (χ2v) is 7.83. The molecule has 2 aromatic carbocycles. The zero-order valence-corrected chi connectivity index (χ0v) is 17.9. The number of aryl methyl sites for hydroxylation is 1. The highest BCUT2D eigenvalue weighted by Gasteiger charge is 2.25. The Bertz CT molecular complexity index is 1270. The molecule has 1 N–H and O–H groups in total. The van der Waals surface area contributed by atoms with Gasteiger partial charge >= 0.3 is 6.01 Å². The Hall–Kier alpha value is -3.58. The van der Waals surface area contributed by atoms with Gasteiger partial charge in [-0.25, -0.2) is 9.98 Å². The van der Waals surface area contributed by atoms with Gasteiger partial charge in [0.2, 0.25) is 5.96 Å². The molecule has 1 atom stereocenters. The van der Waals surface area contributed by atoms with Gasteiger partial charge in [-0.1, -0.05) is 41.9 Å². The molecule has 1 unspecified atom stereocenters. The number of aliphatic imine (C=N–C) groups is 1. The van der Waals surface area contributed by atoms with Gasteiger partial charge in [-0.05, 0) is 36.8 Å². The van der Waals surface area contributed by atoms with Crippen LogP contribution in [0.1, 0.15) is 24.2 Å². The summed E-state index contributed by atoms with van der Waals surface area (Å²) in [4.78, 5) is 15.8. The molecule has 5 rings (SSSR count). The maximum atomic E-state index is 6.46. The molecule has 0 amide bonds. The van der Waals surface area contributed by atoms with E-state index in [0.29, 0.717) is 23.5 Å². The molecular formula is C23H21ClN6O. The molecule has 0 fully saturated rings. The van der Waals surface area contributed by atoms with Gasteiger partial charge in [0.05, 0.1) is 18.6 Å². The van der Waals surface area contributed by atoms with Gasteiger partial charge in [-0.2, -0.15) is 4.98 Å². The summed E-state index contributed by atoms with van der Waals surface area (Å²) in [5, 5.41) is 3.97. The summed E-state index contributed by atoms with van der Waals surface area (Å²) in [6.07, 6.45) is 5.75. The molecule has 1 aliphatic heterocycles. The van der Waals surface area contributed by atoms with Crippen molar-refractivity contribution in [1.82, 2.24) is 19.4 Å². The second kappa shape index (κ2) is 7.92. The Morgan fingerprint density at radius 2 is 1.94 bits per heavy atom. The zero-order valence-electron chi connectivity index (χ0n) is 17.2. The molecule has 31 heavy (non-hydrogen) atoms. The molecule has 0 radical (unpaired) electrons. The summed E-state index contributed by atoms with van der Waals surface area (Å²) in [6.45, 7) is 2.66. The molecule has 0 saturated heterocycles. The third kappa shape index (κ3) is 3.80. The number of rotatable bonds is 4. The van der Waals surface area contributed by atoms with Crippen molar-refractivity contribution in [2.24, 2.45) is 12.0 Å². The quantitative estimate of drug-likeness (QED) is 0.483. The predicted molar refractivity (Wildman–Crippen MR) is 122 cm³/mol. The van der Waals surface area contributed by atoms with Crippen LogP contribution in [-0.4, -0.2) is 25.4 Å². The zero-order chi connectivity index (χ0) is 21.4. The normalized spacial score (nSPS) is 16.4. The van der Waals surface area contributed by atoms with Crippen LogP contribution in [0.5, 0.6) is 0 Å². The monoisotopic (exact) mass is 432 g/mol. The number of oxazole rings is 1. The van der Waals surface area contributed by atoms with E-state index in [1.54, 1.807) is 6.33 Å². The van der Waals surface area contributed by atoms with Crippen LogP contribution in [0.2, 0.25) is 5.02 Å². The molecular weight excluding hydrogens is 412 g/mol. The number of aromatic nitrogens is 3. The number of nitrogens with one attached hydrogen (secondary N) is 1. The maximum Gasteiger partial charge on any atom is 0.302 e. The number of anilines is 1. The summed E-state index contributed by atoms with van der Waals surface area (Å²) in [7, 11) is 1.98. The minimum absolute atomic E-state index is 0.219. The van der Waals surface area contributed by atoms with E-state index in [1.165, 1.54) is 0 Å². The average Bonchev–Trinajstić information content (AvgIpc) is 3.35. The number of hydrogen-bond donors (Lipinski definition) is 1. The average molecular weight is 433 g/mol. The van der Waals surface area contributed by atoms with Gasteiger partial charge in [-0.15, -0.1) is 0 Å². The molecule has 4 aromatic rings. The van der Waals surface area contributed by atoms with E-state index in [-0.39, 0.29) is 6.04 Å². The highest BCUT2D eigenvalue weighted by atomic mass is 35.5. The molecule has 1 aliphatic rings. The van der Waals surface area contributed by atoms with Gasteiger partial charge in [0, 0.05) is 24.0 Å². The first-order valence-electron chi connectivity index (χ1n) is 9.94. The Morgan fingerprint density at radius 1 is 1.13 bits per heavy atom. The summed E-state index contributed by atoms with van der Waals surface area (Å²) < 4.78 is 7.88. The summed E-state index contributed by atoms with van der Waals surface area (Å²) in [6, 6.07) is 15.6. The fourth-order valence-corrected chi connectivity index (χ4v) is 3.87. The first-order valence-corrected chi connectivity index (χ1v) is 10.3. The number of nitrogens with zero attached hydrogens (tertiary/aromatic N) is 5. The van der Waals surface area contributed by atoms with Crippen molar-refractivity contribution in [2.75, 3.05) is 5.32 Å². The standard InChI is InChI=1S/C23H21ClN6O/c1-15-11-20(17-7-3-4-8-18(17)24)26-22(30(15)13-16-12-25-14-29(16)2)28-23-27-19-9-5-6-10-21(19)31-23/h3-12,14,20H,13H2,1-2H3,(H,26,27,28). The van der Waals surface area contributed by atoms with E-state index < -0.39 is 0 Å². The van der Waals surface area contributed by atoms with E-state index in [9.17, 15) is 0 Å². The van der Waals surface area contributed by atoms with E-state index in [2.05, 4.69) is 33.2 Å².